The first-order valence-corrected chi connectivity index (χ1v) is 18.7. The third-order valence-electron chi connectivity index (χ3n) is 11.2. The third kappa shape index (κ3) is 4.80. The van der Waals surface area contributed by atoms with E-state index < -0.39 is 0 Å². The van der Waals surface area contributed by atoms with Crippen LogP contribution in [-0.4, -0.2) is 9.97 Å². The van der Waals surface area contributed by atoms with Crippen molar-refractivity contribution in [3.8, 4) is 33.8 Å². The molecule has 3 nitrogen and oxygen atoms in total. The predicted octanol–water partition coefficient (Wildman–Crippen LogP) is 12.3. The van der Waals surface area contributed by atoms with Gasteiger partial charge in [-0.1, -0.05) is 140 Å². The molecule has 3 aliphatic rings. The zero-order valence-corrected chi connectivity index (χ0v) is 28.6. The minimum atomic E-state index is 0.167. The van der Waals surface area contributed by atoms with Crippen molar-refractivity contribution >= 4 is 28.8 Å². The summed E-state index contributed by atoms with van der Waals surface area (Å²) in [6, 6.07) is 43.5. The third-order valence-corrected chi connectivity index (χ3v) is 12.2. The van der Waals surface area contributed by atoms with Gasteiger partial charge in [-0.25, -0.2) is 9.97 Å². The average molecular weight is 665 g/mol. The second-order valence-electron chi connectivity index (χ2n) is 14.0. The van der Waals surface area contributed by atoms with E-state index in [2.05, 4.69) is 121 Å². The smallest absolute Gasteiger partial charge is 0.159 e. The Bertz CT molecular complexity index is 2420. The predicted molar refractivity (Wildman–Crippen MR) is 204 cm³/mol. The SMILES string of the molecule is C1=CC(c2cccc3c2-c2ccccc2C32CCCCC2)Cc2oc3cc(-c4ncc(Sc5ccccc5)c(-c5ccccc5)n4)ccc3c21. The molecule has 1 unspecified atom stereocenters. The number of benzene rings is 5. The van der Waals surface area contributed by atoms with Crippen LogP contribution < -0.4 is 0 Å². The Kier molecular flexibility index (Phi) is 7.13. The highest BCUT2D eigenvalue weighted by Gasteiger charge is 2.44. The van der Waals surface area contributed by atoms with E-state index in [9.17, 15) is 0 Å². The van der Waals surface area contributed by atoms with Crippen LogP contribution in [0, 0.1) is 0 Å². The Balaban J connectivity index is 1.00. The number of hydrogen-bond donors (Lipinski definition) is 0. The molecule has 10 rings (SSSR count). The summed E-state index contributed by atoms with van der Waals surface area (Å²) in [5, 5.41) is 1.14. The summed E-state index contributed by atoms with van der Waals surface area (Å²) in [5.41, 5.74) is 12.6. The van der Waals surface area contributed by atoms with Crippen molar-refractivity contribution in [1.82, 2.24) is 9.97 Å². The van der Waals surface area contributed by atoms with Gasteiger partial charge in [0, 0.05) is 50.9 Å². The van der Waals surface area contributed by atoms with Crippen molar-refractivity contribution in [3.63, 3.8) is 0 Å². The van der Waals surface area contributed by atoms with E-state index in [1.54, 1.807) is 22.9 Å². The molecule has 2 aromatic heterocycles. The van der Waals surface area contributed by atoms with E-state index in [-0.39, 0.29) is 11.3 Å². The van der Waals surface area contributed by atoms with Crippen molar-refractivity contribution < 1.29 is 4.42 Å². The minimum Gasteiger partial charge on any atom is -0.460 e. The number of fused-ring (bicyclic) bond motifs is 8. The maximum atomic E-state index is 6.71. The van der Waals surface area contributed by atoms with Crippen molar-refractivity contribution in [1.29, 1.82) is 0 Å². The standard InChI is InChI=1S/C46H36N2OS/c1-4-13-30(14-5-1)44-42(50-33-15-6-2-7-16-33)29-47-45(48-44)32-22-24-36-35-23-21-31(27-40(35)49-41(36)28-32)34-18-12-20-39-43(34)37-17-8-9-19-38(37)46(39)25-10-3-11-26-46/h1-2,4-9,12-24,28-29,31H,3,10-11,25-27H2. The Morgan fingerprint density at radius 1 is 0.720 bits per heavy atom. The largest absolute Gasteiger partial charge is 0.460 e. The van der Waals surface area contributed by atoms with Crippen LogP contribution in [0.3, 0.4) is 0 Å². The first-order valence-electron chi connectivity index (χ1n) is 17.9. The average Bonchev–Trinajstić information content (AvgIpc) is 3.68. The van der Waals surface area contributed by atoms with Crippen LogP contribution >= 0.6 is 11.8 Å². The molecule has 2 heterocycles. The van der Waals surface area contributed by atoms with Crippen LogP contribution in [0.25, 0.3) is 50.8 Å². The second kappa shape index (κ2) is 12.0. The molecule has 1 saturated carbocycles. The van der Waals surface area contributed by atoms with Gasteiger partial charge >= 0.3 is 0 Å². The highest BCUT2D eigenvalue weighted by Crippen LogP contribution is 2.57. The van der Waals surface area contributed by atoms with Crippen molar-refractivity contribution in [2.24, 2.45) is 0 Å². The van der Waals surface area contributed by atoms with Gasteiger partial charge in [0.2, 0.25) is 0 Å². The first kappa shape index (κ1) is 29.7. The van der Waals surface area contributed by atoms with Crippen LogP contribution in [-0.2, 0) is 11.8 Å². The summed E-state index contributed by atoms with van der Waals surface area (Å²) < 4.78 is 6.71. The maximum Gasteiger partial charge on any atom is 0.159 e. The van der Waals surface area contributed by atoms with E-state index in [1.165, 1.54) is 54.4 Å². The molecular weight excluding hydrogens is 629 g/mol. The van der Waals surface area contributed by atoms with Gasteiger partial charge in [-0.2, -0.15) is 0 Å². The number of rotatable bonds is 5. The number of hydrogen-bond acceptors (Lipinski definition) is 4. The van der Waals surface area contributed by atoms with Crippen LogP contribution in [0.2, 0.25) is 0 Å². The lowest BCUT2D eigenvalue weighted by atomic mass is 9.67. The highest BCUT2D eigenvalue weighted by molar-refractivity contribution is 7.99. The van der Waals surface area contributed by atoms with Gasteiger partial charge in [0.05, 0.1) is 10.6 Å². The van der Waals surface area contributed by atoms with Gasteiger partial charge in [0.1, 0.15) is 11.3 Å². The lowest BCUT2D eigenvalue weighted by molar-refractivity contribution is 0.352. The number of aromatic nitrogens is 2. The monoisotopic (exact) mass is 664 g/mol. The van der Waals surface area contributed by atoms with Crippen molar-refractivity contribution in [2.75, 3.05) is 0 Å². The summed E-state index contributed by atoms with van der Waals surface area (Å²) in [4.78, 5) is 12.2. The fraction of sp³-hybridized carbons (Fsp3) is 0.174. The molecule has 0 radical (unpaired) electrons. The van der Waals surface area contributed by atoms with Gasteiger partial charge in [-0.15, -0.1) is 0 Å². The molecule has 1 atom stereocenters. The highest BCUT2D eigenvalue weighted by atomic mass is 32.2. The van der Waals surface area contributed by atoms with Crippen molar-refractivity contribution in [2.45, 2.75) is 59.6 Å². The molecule has 0 N–H and O–H groups in total. The van der Waals surface area contributed by atoms with Crippen molar-refractivity contribution in [3.05, 3.63) is 162 Å². The number of allylic oxidation sites excluding steroid dienone is 1. The molecule has 0 saturated heterocycles. The Morgan fingerprint density at radius 2 is 1.50 bits per heavy atom. The van der Waals surface area contributed by atoms with Gasteiger partial charge in [0.15, 0.2) is 5.82 Å². The zero-order valence-electron chi connectivity index (χ0n) is 27.8. The second-order valence-corrected chi connectivity index (χ2v) is 15.1. The Morgan fingerprint density at radius 3 is 2.36 bits per heavy atom. The molecule has 4 heteroatoms. The fourth-order valence-corrected chi connectivity index (χ4v) is 9.79. The van der Waals surface area contributed by atoms with E-state index >= 15 is 0 Å². The summed E-state index contributed by atoms with van der Waals surface area (Å²) in [6.07, 6.45) is 14.0. The summed E-state index contributed by atoms with van der Waals surface area (Å²) in [5.74, 6) is 2.01. The van der Waals surface area contributed by atoms with Gasteiger partial charge in [-0.05, 0) is 64.9 Å². The molecule has 0 amide bonds. The molecule has 7 aromatic rings. The molecule has 3 aliphatic carbocycles. The van der Waals surface area contributed by atoms with Crippen LogP contribution in [0.4, 0.5) is 0 Å². The fourth-order valence-electron chi connectivity index (χ4n) is 8.87. The zero-order chi connectivity index (χ0) is 33.1. The molecule has 0 aliphatic heterocycles. The van der Waals surface area contributed by atoms with E-state index in [4.69, 9.17) is 14.4 Å². The van der Waals surface area contributed by atoms with E-state index in [1.807, 2.05) is 18.3 Å². The molecular formula is C46H36N2OS. The Hall–Kier alpha value is -5.19. The minimum absolute atomic E-state index is 0.167. The lowest BCUT2D eigenvalue weighted by Crippen LogP contribution is -2.28. The summed E-state index contributed by atoms with van der Waals surface area (Å²) in [6.45, 7) is 0. The van der Waals surface area contributed by atoms with Gasteiger partial charge < -0.3 is 4.42 Å². The van der Waals surface area contributed by atoms with E-state index in [0.717, 1.165) is 49.8 Å². The molecule has 5 aromatic carbocycles. The Labute approximate surface area is 297 Å². The molecule has 1 fully saturated rings. The summed E-state index contributed by atoms with van der Waals surface area (Å²) in [7, 11) is 0. The molecule has 242 valence electrons. The molecule has 50 heavy (non-hydrogen) atoms. The first-order chi connectivity index (χ1) is 24.7. The normalized spacial score (nSPS) is 17.1. The maximum absolute atomic E-state index is 6.71. The van der Waals surface area contributed by atoms with Crippen LogP contribution in [0.1, 0.15) is 66.0 Å². The van der Waals surface area contributed by atoms with E-state index in [0.29, 0.717) is 5.82 Å². The van der Waals surface area contributed by atoms with Gasteiger partial charge in [0.25, 0.3) is 0 Å². The number of nitrogens with zero attached hydrogens (tertiary/aromatic N) is 2. The van der Waals surface area contributed by atoms with Crippen LogP contribution in [0.15, 0.2) is 148 Å². The topological polar surface area (TPSA) is 38.9 Å². The summed E-state index contributed by atoms with van der Waals surface area (Å²) >= 11 is 1.69. The van der Waals surface area contributed by atoms with Gasteiger partial charge in [-0.3, -0.25) is 0 Å². The quantitative estimate of drug-likeness (QED) is 0.184. The lowest BCUT2D eigenvalue weighted by Gasteiger charge is -2.36. The van der Waals surface area contributed by atoms with Crippen LogP contribution in [0.5, 0.6) is 0 Å². The number of furan rings is 1. The molecule has 1 spiro atoms. The molecule has 0 bridgehead atoms.